The van der Waals surface area contributed by atoms with Crippen molar-refractivity contribution in [3.63, 3.8) is 0 Å². The molecule has 12 heteroatoms. The summed E-state index contributed by atoms with van der Waals surface area (Å²) in [7, 11) is 5.31. The normalized spacial score (nSPS) is 13.4. The third-order valence-corrected chi connectivity index (χ3v) is 6.03. The van der Waals surface area contributed by atoms with Gasteiger partial charge in [-0.2, -0.15) is 13.2 Å². The molecule has 0 saturated heterocycles. The van der Waals surface area contributed by atoms with Crippen LogP contribution in [-0.2, 0) is 6.18 Å². The Labute approximate surface area is 218 Å². The molecule has 9 nitrogen and oxygen atoms in total. The van der Waals surface area contributed by atoms with Gasteiger partial charge in [0.1, 0.15) is 6.33 Å². The van der Waals surface area contributed by atoms with Crippen LogP contribution in [0.15, 0.2) is 61.3 Å². The number of hydrazine groups is 2. The average Bonchev–Trinajstić information content (AvgIpc) is 3.38. The van der Waals surface area contributed by atoms with Crippen LogP contribution in [0.4, 0.5) is 30.2 Å². The summed E-state index contributed by atoms with van der Waals surface area (Å²) in [6, 6.07) is 8.89. The number of nitrogens with one attached hydrogen (secondary N) is 3. The highest BCUT2D eigenvalue weighted by atomic mass is 19.4. The van der Waals surface area contributed by atoms with Crippen molar-refractivity contribution in [2.75, 3.05) is 49.5 Å². The van der Waals surface area contributed by atoms with Crippen LogP contribution in [0.25, 0.3) is 5.70 Å². The summed E-state index contributed by atoms with van der Waals surface area (Å²) in [5.74, 6) is -0.641. The standard InChI is InChI=1S/C26H29F3N8O/c1-17-5-7-20(12-24(17)37-15-22(33-34-37)19-13-30-16-31-14-19)32-25(38)18-6-8-23(21(11-18)26(27,28)29)36(4)10-9-35(2)3/h5-8,11-16,33-34H,9-10H2,1-4H3,(H,32,38). The molecule has 0 radical (unpaired) electrons. The zero-order valence-electron chi connectivity index (χ0n) is 21.5. The third kappa shape index (κ3) is 6.21. The van der Waals surface area contributed by atoms with E-state index in [1.54, 1.807) is 36.6 Å². The Morgan fingerprint density at radius 3 is 2.47 bits per heavy atom. The molecule has 3 N–H and O–H groups in total. The Balaban J connectivity index is 1.55. The lowest BCUT2D eigenvalue weighted by atomic mass is 10.1. The molecule has 0 bridgehead atoms. The molecule has 0 spiro atoms. The van der Waals surface area contributed by atoms with Gasteiger partial charge in [-0.1, -0.05) is 6.07 Å². The second-order valence-electron chi connectivity index (χ2n) is 9.19. The summed E-state index contributed by atoms with van der Waals surface area (Å²) in [4.78, 5) is 24.4. The van der Waals surface area contributed by atoms with E-state index in [4.69, 9.17) is 0 Å². The van der Waals surface area contributed by atoms with Crippen LogP contribution in [0, 0.1) is 6.92 Å². The Bertz CT molecular complexity index is 1330. The maximum absolute atomic E-state index is 13.9. The summed E-state index contributed by atoms with van der Waals surface area (Å²) in [5.41, 5.74) is 8.74. The predicted octanol–water partition coefficient (Wildman–Crippen LogP) is 3.88. The van der Waals surface area contributed by atoms with Gasteiger partial charge in [0.05, 0.1) is 16.9 Å². The number of rotatable bonds is 8. The van der Waals surface area contributed by atoms with Crippen molar-refractivity contribution in [2.24, 2.45) is 0 Å². The fourth-order valence-corrected chi connectivity index (χ4v) is 3.89. The molecule has 1 amide bonds. The lowest BCUT2D eigenvalue weighted by Gasteiger charge is -2.25. The second-order valence-corrected chi connectivity index (χ2v) is 9.19. The summed E-state index contributed by atoms with van der Waals surface area (Å²) >= 11 is 0. The van der Waals surface area contributed by atoms with Gasteiger partial charge >= 0.3 is 6.18 Å². The minimum absolute atomic E-state index is 0.0209. The second kappa shape index (κ2) is 11.1. The fraction of sp³-hybridized carbons (Fsp3) is 0.269. The molecule has 1 aromatic heterocycles. The van der Waals surface area contributed by atoms with E-state index in [-0.39, 0.29) is 11.3 Å². The number of anilines is 3. The SMILES string of the molecule is Cc1ccc(NC(=O)c2ccc(N(C)CCN(C)C)c(C(F)(F)F)c2)cc1N1C=C(c2cncnc2)NN1. The van der Waals surface area contributed by atoms with E-state index in [2.05, 4.69) is 26.2 Å². The number of hydrogen-bond acceptors (Lipinski definition) is 8. The van der Waals surface area contributed by atoms with E-state index in [1.807, 2.05) is 38.2 Å². The number of hydrogen-bond donors (Lipinski definition) is 3. The van der Waals surface area contributed by atoms with Gasteiger partial charge in [0.15, 0.2) is 0 Å². The monoisotopic (exact) mass is 526 g/mol. The van der Waals surface area contributed by atoms with Gasteiger partial charge in [-0.15, -0.1) is 5.53 Å². The molecule has 0 fully saturated rings. The lowest BCUT2D eigenvalue weighted by Crippen LogP contribution is -2.36. The van der Waals surface area contributed by atoms with Crippen LogP contribution < -0.4 is 26.2 Å². The molecular weight excluding hydrogens is 497 g/mol. The number of alkyl halides is 3. The van der Waals surface area contributed by atoms with Crippen molar-refractivity contribution in [1.82, 2.24) is 25.8 Å². The Hall–Kier alpha value is -4.16. The highest BCUT2D eigenvalue weighted by Gasteiger charge is 2.35. The minimum Gasteiger partial charge on any atom is -0.373 e. The van der Waals surface area contributed by atoms with Crippen molar-refractivity contribution in [1.29, 1.82) is 0 Å². The van der Waals surface area contributed by atoms with E-state index in [0.717, 1.165) is 28.6 Å². The Kier molecular flexibility index (Phi) is 7.83. The van der Waals surface area contributed by atoms with Crippen molar-refractivity contribution in [3.8, 4) is 0 Å². The average molecular weight is 527 g/mol. The number of benzene rings is 2. The molecule has 1 aliphatic rings. The van der Waals surface area contributed by atoms with Gasteiger partial charge in [0, 0.05) is 61.2 Å². The fourth-order valence-electron chi connectivity index (χ4n) is 3.89. The van der Waals surface area contributed by atoms with Gasteiger partial charge in [0.25, 0.3) is 5.91 Å². The van der Waals surface area contributed by atoms with Gasteiger partial charge in [-0.05, 0) is 56.9 Å². The topological polar surface area (TPSA) is 88.7 Å². The van der Waals surface area contributed by atoms with E-state index < -0.39 is 17.6 Å². The largest absolute Gasteiger partial charge is 0.418 e. The number of aromatic nitrogens is 2. The quantitative estimate of drug-likeness (QED) is 0.408. The maximum atomic E-state index is 13.9. The summed E-state index contributed by atoms with van der Waals surface area (Å²) in [6.45, 7) is 2.89. The van der Waals surface area contributed by atoms with Crippen molar-refractivity contribution >= 4 is 28.7 Å². The van der Waals surface area contributed by atoms with Crippen molar-refractivity contribution in [2.45, 2.75) is 13.1 Å². The minimum atomic E-state index is -4.61. The molecule has 0 saturated carbocycles. The van der Waals surface area contributed by atoms with Gasteiger partial charge in [-0.25, -0.2) is 9.97 Å². The molecule has 3 aromatic rings. The predicted molar refractivity (Wildman–Crippen MR) is 141 cm³/mol. The van der Waals surface area contributed by atoms with Crippen LogP contribution >= 0.6 is 0 Å². The highest BCUT2D eigenvalue weighted by Crippen LogP contribution is 2.37. The molecule has 0 aliphatic carbocycles. The molecule has 2 heterocycles. The van der Waals surface area contributed by atoms with E-state index >= 15 is 0 Å². The van der Waals surface area contributed by atoms with Crippen LogP contribution in [0.1, 0.15) is 27.0 Å². The molecule has 200 valence electrons. The van der Waals surface area contributed by atoms with Crippen LogP contribution in [-0.4, -0.2) is 55.0 Å². The first-order valence-corrected chi connectivity index (χ1v) is 11.8. The number of halogens is 3. The number of amides is 1. The summed E-state index contributed by atoms with van der Waals surface area (Å²) in [5, 5.41) is 4.45. The smallest absolute Gasteiger partial charge is 0.373 e. The number of nitrogens with zero attached hydrogens (tertiary/aromatic N) is 5. The first kappa shape index (κ1) is 26.9. The molecular formula is C26H29F3N8O. The van der Waals surface area contributed by atoms with Crippen molar-refractivity contribution < 1.29 is 18.0 Å². The zero-order valence-corrected chi connectivity index (χ0v) is 21.5. The van der Waals surface area contributed by atoms with Crippen molar-refractivity contribution in [3.05, 3.63) is 83.6 Å². The Morgan fingerprint density at radius 1 is 1.05 bits per heavy atom. The first-order valence-electron chi connectivity index (χ1n) is 11.8. The molecule has 0 unspecified atom stereocenters. The van der Waals surface area contributed by atoms with Gasteiger partial charge < -0.3 is 20.5 Å². The zero-order chi connectivity index (χ0) is 27.4. The van der Waals surface area contributed by atoms with Crippen LogP contribution in [0.3, 0.4) is 0 Å². The molecule has 0 atom stereocenters. The molecule has 4 rings (SSSR count). The number of aryl methyl sites for hydroxylation is 1. The number of carbonyl (C=O) groups is 1. The molecule has 38 heavy (non-hydrogen) atoms. The third-order valence-electron chi connectivity index (χ3n) is 6.03. The summed E-state index contributed by atoms with van der Waals surface area (Å²) < 4.78 is 41.7. The maximum Gasteiger partial charge on any atom is 0.418 e. The van der Waals surface area contributed by atoms with E-state index in [9.17, 15) is 18.0 Å². The van der Waals surface area contributed by atoms with Crippen LogP contribution in [0.2, 0.25) is 0 Å². The molecule has 1 aliphatic heterocycles. The lowest BCUT2D eigenvalue weighted by molar-refractivity contribution is -0.137. The Morgan fingerprint density at radius 2 is 1.79 bits per heavy atom. The number of likely N-dealkylation sites (N-methyl/N-ethyl adjacent to an activating group) is 2. The van der Waals surface area contributed by atoms with Gasteiger partial charge in [0.2, 0.25) is 0 Å². The molecule has 2 aromatic carbocycles. The van der Waals surface area contributed by atoms with Crippen LogP contribution in [0.5, 0.6) is 0 Å². The highest BCUT2D eigenvalue weighted by molar-refractivity contribution is 6.05. The number of carbonyl (C=O) groups excluding carboxylic acids is 1. The van der Waals surface area contributed by atoms with E-state index in [1.165, 1.54) is 23.4 Å². The summed E-state index contributed by atoms with van der Waals surface area (Å²) in [6.07, 6.45) is 1.97. The first-order chi connectivity index (χ1) is 18.0. The van der Waals surface area contributed by atoms with Gasteiger partial charge in [-0.3, -0.25) is 9.80 Å². The van der Waals surface area contributed by atoms with E-state index in [0.29, 0.717) is 18.8 Å².